The van der Waals surface area contributed by atoms with Crippen LogP contribution >= 0.6 is 0 Å². The number of benzene rings is 1. The molecule has 96 valence electrons. The second-order valence-corrected chi connectivity index (χ2v) is 6.03. The van der Waals surface area contributed by atoms with Crippen LogP contribution in [0.15, 0.2) is 18.2 Å². The van der Waals surface area contributed by atoms with E-state index in [1.807, 2.05) is 19.9 Å². The molecule has 1 aromatic rings. The molecule has 0 bridgehead atoms. The monoisotopic (exact) mass is 238 g/mol. The van der Waals surface area contributed by atoms with Gasteiger partial charge in [-0.05, 0) is 35.4 Å². The summed E-state index contributed by atoms with van der Waals surface area (Å²) >= 11 is 0. The number of halogens is 1. The van der Waals surface area contributed by atoms with E-state index in [1.54, 1.807) is 6.07 Å². The van der Waals surface area contributed by atoms with Crippen LogP contribution in [0.5, 0.6) is 5.75 Å². The van der Waals surface area contributed by atoms with E-state index in [2.05, 4.69) is 20.8 Å². The third kappa shape index (κ3) is 5.20. The molecule has 0 spiro atoms. The number of hydrogen-bond donors (Lipinski definition) is 0. The summed E-state index contributed by atoms with van der Waals surface area (Å²) in [4.78, 5) is 0. The lowest BCUT2D eigenvalue weighted by Gasteiger charge is -2.18. The van der Waals surface area contributed by atoms with E-state index in [0.717, 1.165) is 12.0 Å². The van der Waals surface area contributed by atoms with Gasteiger partial charge >= 0.3 is 0 Å². The van der Waals surface area contributed by atoms with Crippen LogP contribution in [0.1, 0.15) is 52.5 Å². The van der Waals surface area contributed by atoms with Crippen LogP contribution in [0, 0.1) is 11.2 Å². The van der Waals surface area contributed by atoms with Gasteiger partial charge in [-0.25, -0.2) is 4.39 Å². The molecule has 0 amide bonds. The van der Waals surface area contributed by atoms with Gasteiger partial charge < -0.3 is 4.74 Å². The van der Waals surface area contributed by atoms with Gasteiger partial charge in [0.15, 0.2) is 0 Å². The highest BCUT2D eigenvalue weighted by Gasteiger charge is 2.11. The number of ether oxygens (including phenoxy) is 1. The summed E-state index contributed by atoms with van der Waals surface area (Å²) in [5.41, 5.74) is 1.23. The largest absolute Gasteiger partial charge is 0.493 e. The lowest BCUT2D eigenvalue weighted by Crippen LogP contribution is -2.11. The van der Waals surface area contributed by atoms with Gasteiger partial charge in [0, 0.05) is 6.07 Å². The van der Waals surface area contributed by atoms with E-state index < -0.39 is 0 Å². The van der Waals surface area contributed by atoms with E-state index in [9.17, 15) is 4.39 Å². The average Bonchev–Trinajstić information content (AvgIpc) is 2.14. The molecule has 0 fully saturated rings. The molecule has 1 aromatic carbocycles. The molecule has 2 heteroatoms. The molecule has 0 saturated heterocycles. The molecule has 1 rings (SSSR count). The van der Waals surface area contributed by atoms with Crippen molar-refractivity contribution in [3.63, 3.8) is 0 Å². The quantitative estimate of drug-likeness (QED) is 0.734. The van der Waals surface area contributed by atoms with Crippen molar-refractivity contribution >= 4 is 0 Å². The molecule has 1 nitrogen and oxygen atoms in total. The maximum atomic E-state index is 13.4. The van der Waals surface area contributed by atoms with E-state index >= 15 is 0 Å². The van der Waals surface area contributed by atoms with Crippen LogP contribution in [0.25, 0.3) is 0 Å². The van der Waals surface area contributed by atoms with Gasteiger partial charge in [0.2, 0.25) is 0 Å². The predicted octanol–water partition coefficient (Wildman–Crippen LogP) is 4.76. The zero-order chi connectivity index (χ0) is 13.1. The smallest absolute Gasteiger partial charge is 0.127 e. The van der Waals surface area contributed by atoms with E-state index in [1.165, 1.54) is 6.07 Å². The second-order valence-electron chi connectivity index (χ2n) is 6.03. The molecular formula is C15H23FO. The Morgan fingerprint density at radius 1 is 1.18 bits per heavy atom. The fourth-order valence-corrected chi connectivity index (χ4v) is 1.48. The van der Waals surface area contributed by atoms with Gasteiger partial charge in [0.1, 0.15) is 11.6 Å². The van der Waals surface area contributed by atoms with Crippen LogP contribution in [0.3, 0.4) is 0 Å². The van der Waals surface area contributed by atoms with Gasteiger partial charge in [0.05, 0.1) is 6.61 Å². The van der Waals surface area contributed by atoms with Gasteiger partial charge in [-0.2, -0.15) is 0 Å². The Kier molecular flexibility index (Phi) is 4.55. The lowest BCUT2D eigenvalue weighted by atomic mass is 9.93. The van der Waals surface area contributed by atoms with Crippen LogP contribution in [0.2, 0.25) is 0 Å². The van der Waals surface area contributed by atoms with E-state index in [0.29, 0.717) is 18.3 Å². The molecule has 0 atom stereocenters. The van der Waals surface area contributed by atoms with Gasteiger partial charge in [-0.3, -0.25) is 0 Å². The summed E-state index contributed by atoms with van der Waals surface area (Å²) in [5, 5.41) is 0. The minimum absolute atomic E-state index is 0.220. The van der Waals surface area contributed by atoms with Crippen molar-refractivity contribution in [2.24, 2.45) is 5.41 Å². The molecular weight excluding hydrogens is 215 g/mol. The summed E-state index contributed by atoms with van der Waals surface area (Å²) in [6.07, 6.45) is 0.959. The molecule has 0 aromatic heterocycles. The lowest BCUT2D eigenvalue weighted by molar-refractivity contribution is 0.242. The molecule has 0 radical (unpaired) electrons. The highest BCUT2D eigenvalue weighted by Crippen LogP contribution is 2.24. The average molecular weight is 238 g/mol. The zero-order valence-electron chi connectivity index (χ0n) is 11.5. The second kappa shape index (κ2) is 5.52. The van der Waals surface area contributed by atoms with E-state index in [-0.39, 0.29) is 11.2 Å². The fraction of sp³-hybridized carbons (Fsp3) is 0.600. The molecule has 0 aliphatic heterocycles. The van der Waals surface area contributed by atoms with Crippen molar-refractivity contribution in [3.05, 3.63) is 29.6 Å². The standard InChI is InChI=1S/C15H23FO/c1-11(2)12-8-13(16)10-14(9-12)17-7-6-15(3,4)5/h8-11H,6-7H2,1-5H3. The zero-order valence-corrected chi connectivity index (χ0v) is 11.5. The third-order valence-corrected chi connectivity index (χ3v) is 2.68. The first kappa shape index (κ1) is 14.0. The van der Waals surface area contributed by atoms with E-state index in [4.69, 9.17) is 4.74 Å². The van der Waals surface area contributed by atoms with Crippen molar-refractivity contribution < 1.29 is 9.13 Å². The highest BCUT2D eigenvalue weighted by atomic mass is 19.1. The maximum absolute atomic E-state index is 13.4. The van der Waals surface area contributed by atoms with Crippen LogP contribution in [0.4, 0.5) is 4.39 Å². The van der Waals surface area contributed by atoms with Crippen LogP contribution in [-0.4, -0.2) is 6.61 Å². The topological polar surface area (TPSA) is 9.23 Å². The van der Waals surface area contributed by atoms with Crippen LogP contribution < -0.4 is 4.74 Å². The van der Waals surface area contributed by atoms with Crippen molar-refractivity contribution in [3.8, 4) is 5.75 Å². The number of rotatable bonds is 4. The minimum Gasteiger partial charge on any atom is -0.493 e. The molecule has 0 unspecified atom stereocenters. The molecule has 0 aliphatic carbocycles. The molecule has 0 aliphatic rings. The normalized spacial score (nSPS) is 11.9. The van der Waals surface area contributed by atoms with Gasteiger partial charge in [-0.15, -0.1) is 0 Å². The predicted molar refractivity (Wildman–Crippen MR) is 70.1 cm³/mol. The summed E-state index contributed by atoms with van der Waals surface area (Å²) in [6.45, 7) is 11.2. The summed E-state index contributed by atoms with van der Waals surface area (Å²) in [7, 11) is 0. The fourth-order valence-electron chi connectivity index (χ4n) is 1.48. The van der Waals surface area contributed by atoms with Crippen molar-refractivity contribution in [1.29, 1.82) is 0 Å². The van der Waals surface area contributed by atoms with Crippen molar-refractivity contribution in [1.82, 2.24) is 0 Å². The Balaban J connectivity index is 2.65. The maximum Gasteiger partial charge on any atom is 0.127 e. The minimum atomic E-state index is -0.220. The first-order chi connectivity index (χ1) is 7.78. The summed E-state index contributed by atoms with van der Waals surface area (Å²) in [6, 6.07) is 4.95. The number of hydrogen-bond acceptors (Lipinski definition) is 1. The third-order valence-electron chi connectivity index (χ3n) is 2.68. The van der Waals surface area contributed by atoms with Gasteiger partial charge in [-0.1, -0.05) is 34.6 Å². The molecule has 0 saturated carbocycles. The SMILES string of the molecule is CC(C)c1cc(F)cc(OCCC(C)(C)C)c1. The first-order valence-electron chi connectivity index (χ1n) is 6.21. The summed E-state index contributed by atoms with van der Waals surface area (Å²) in [5.74, 6) is 0.732. The van der Waals surface area contributed by atoms with Gasteiger partial charge in [0.25, 0.3) is 0 Å². The Hall–Kier alpha value is -1.05. The first-order valence-corrected chi connectivity index (χ1v) is 6.21. The summed E-state index contributed by atoms with van der Waals surface area (Å²) < 4.78 is 19.0. The molecule has 0 heterocycles. The van der Waals surface area contributed by atoms with Crippen molar-refractivity contribution in [2.75, 3.05) is 6.61 Å². The Morgan fingerprint density at radius 3 is 2.35 bits per heavy atom. The highest BCUT2D eigenvalue weighted by molar-refractivity contribution is 5.31. The molecule has 0 N–H and O–H groups in total. The molecule has 17 heavy (non-hydrogen) atoms. The Morgan fingerprint density at radius 2 is 1.82 bits per heavy atom. The Labute approximate surface area is 104 Å². The Bertz CT molecular complexity index is 364. The van der Waals surface area contributed by atoms with Crippen molar-refractivity contribution in [2.45, 2.75) is 47.0 Å². The van der Waals surface area contributed by atoms with Crippen LogP contribution in [-0.2, 0) is 0 Å².